The largest absolute Gasteiger partial charge is 0.384 e. The van der Waals surface area contributed by atoms with Crippen molar-refractivity contribution in [2.45, 2.75) is 6.54 Å². The Morgan fingerprint density at radius 2 is 2.30 bits per heavy atom. The highest BCUT2D eigenvalue weighted by atomic mass is 16.5. The van der Waals surface area contributed by atoms with E-state index in [9.17, 15) is 4.79 Å². The standard InChI is InChI=1S/C15H23N3O2/c1-17(2)15(19)14-10-18(9-13(14)11-20-3)8-12-5-4-6-16-7-12/h4-7,13-14H,8-11H2,1-3H3/t13-,14+/m0/s1. The molecule has 1 aromatic rings. The van der Waals surface area contributed by atoms with Crippen molar-refractivity contribution >= 4 is 5.91 Å². The minimum absolute atomic E-state index is 0.0293. The van der Waals surface area contributed by atoms with E-state index >= 15 is 0 Å². The summed E-state index contributed by atoms with van der Waals surface area (Å²) in [5, 5.41) is 0. The van der Waals surface area contributed by atoms with Gasteiger partial charge in [0.1, 0.15) is 0 Å². The maximum absolute atomic E-state index is 12.3. The van der Waals surface area contributed by atoms with E-state index in [1.165, 1.54) is 5.56 Å². The number of methoxy groups -OCH3 is 1. The van der Waals surface area contributed by atoms with Crippen LogP contribution in [0.1, 0.15) is 5.56 Å². The molecule has 5 nitrogen and oxygen atoms in total. The minimum Gasteiger partial charge on any atom is -0.384 e. The van der Waals surface area contributed by atoms with Crippen LogP contribution in [0.15, 0.2) is 24.5 Å². The van der Waals surface area contributed by atoms with Crippen LogP contribution in [-0.4, -0.2) is 61.6 Å². The first-order valence-electron chi connectivity index (χ1n) is 6.93. The highest BCUT2D eigenvalue weighted by molar-refractivity contribution is 5.79. The fourth-order valence-electron chi connectivity index (χ4n) is 2.83. The van der Waals surface area contributed by atoms with E-state index < -0.39 is 0 Å². The van der Waals surface area contributed by atoms with E-state index in [-0.39, 0.29) is 17.7 Å². The summed E-state index contributed by atoms with van der Waals surface area (Å²) in [6.07, 6.45) is 3.66. The van der Waals surface area contributed by atoms with Crippen LogP contribution in [0.5, 0.6) is 0 Å². The molecule has 0 aliphatic carbocycles. The molecule has 1 fully saturated rings. The van der Waals surface area contributed by atoms with Crippen LogP contribution < -0.4 is 0 Å². The Labute approximate surface area is 120 Å². The summed E-state index contributed by atoms with van der Waals surface area (Å²) in [7, 11) is 5.33. The van der Waals surface area contributed by atoms with Gasteiger partial charge in [-0.15, -0.1) is 0 Å². The molecular weight excluding hydrogens is 254 g/mol. The fourth-order valence-corrected chi connectivity index (χ4v) is 2.83. The summed E-state index contributed by atoms with van der Waals surface area (Å²) in [5.74, 6) is 0.494. The fraction of sp³-hybridized carbons (Fsp3) is 0.600. The Balaban J connectivity index is 2.02. The zero-order valence-electron chi connectivity index (χ0n) is 12.5. The second-order valence-electron chi connectivity index (χ2n) is 5.61. The number of carbonyl (C=O) groups excluding carboxylic acids is 1. The molecule has 0 spiro atoms. The Kier molecular flexibility index (Phi) is 5.09. The van der Waals surface area contributed by atoms with Crippen LogP contribution in [0.4, 0.5) is 0 Å². The lowest BCUT2D eigenvalue weighted by Crippen LogP contribution is -2.35. The van der Waals surface area contributed by atoms with Gasteiger partial charge in [0.15, 0.2) is 0 Å². The molecule has 1 aliphatic rings. The van der Waals surface area contributed by atoms with E-state index in [0.717, 1.165) is 19.6 Å². The SMILES string of the molecule is COC[C@@H]1CN(Cc2cccnc2)C[C@H]1C(=O)N(C)C. The van der Waals surface area contributed by atoms with Gasteiger partial charge < -0.3 is 9.64 Å². The lowest BCUT2D eigenvalue weighted by atomic mass is 9.96. The van der Waals surface area contributed by atoms with Gasteiger partial charge in [0, 0.05) is 59.2 Å². The summed E-state index contributed by atoms with van der Waals surface area (Å²) >= 11 is 0. The lowest BCUT2D eigenvalue weighted by molar-refractivity contribution is -0.134. The number of likely N-dealkylation sites (tertiary alicyclic amines) is 1. The van der Waals surface area contributed by atoms with Crippen LogP contribution in [0.25, 0.3) is 0 Å². The highest BCUT2D eigenvalue weighted by Crippen LogP contribution is 2.26. The van der Waals surface area contributed by atoms with Crippen LogP contribution in [-0.2, 0) is 16.1 Å². The number of nitrogens with zero attached hydrogens (tertiary/aromatic N) is 3. The maximum atomic E-state index is 12.3. The number of aromatic nitrogens is 1. The molecule has 20 heavy (non-hydrogen) atoms. The Bertz CT molecular complexity index is 436. The second-order valence-corrected chi connectivity index (χ2v) is 5.61. The van der Waals surface area contributed by atoms with Gasteiger partial charge in [-0.25, -0.2) is 0 Å². The van der Waals surface area contributed by atoms with E-state index in [1.54, 1.807) is 18.2 Å². The van der Waals surface area contributed by atoms with E-state index in [0.29, 0.717) is 6.61 Å². The van der Waals surface area contributed by atoms with Gasteiger partial charge in [-0.2, -0.15) is 0 Å². The van der Waals surface area contributed by atoms with Crippen LogP contribution in [0.3, 0.4) is 0 Å². The predicted molar refractivity (Wildman–Crippen MR) is 77.1 cm³/mol. The molecule has 2 rings (SSSR count). The van der Waals surface area contributed by atoms with Gasteiger partial charge in [-0.3, -0.25) is 14.7 Å². The summed E-state index contributed by atoms with van der Waals surface area (Å²) < 4.78 is 5.27. The molecule has 0 bridgehead atoms. The average Bonchev–Trinajstić information content (AvgIpc) is 2.82. The van der Waals surface area contributed by atoms with Crippen molar-refractivity contribution in [3.05, 3.63) is 30.1 Å². The quantitative estimate of drug-likeness (QED) is 0.801. The minimum atomic E-state index is 0.0293. The molecular formula is C15H23N3O2. The maximum Gasteiger partial charge on any atom is 0.226 e. The first-order chi connectivity index (χ1) is 9.61. The van der Waals surface area contributed by atoms with E-state index in [4.69, 9.17) is 4.74 Å². The van der Waals surface area contributed by atoms with E-state index in [1.807, 2.05) is 26.4 Å². The van der Waals surface area contributed by atoms with Crippen molar-refractivity contribution < 1.29 is 9.53 Å². The van der Waals surface area contributed by atoms with Gasteiger partial charge in [-0.1, -0.05) is 6.07 Å². The summed E-state index contributed by atoms with van der Waals surface area (Å²) in [5.41, 5.74) is 1.18. The van der Waals surface area contributed by atoms with Gasteiger partial charge in [0.25, 0.3) is 0 Å². The first-order valence-corrected chi connectivity index (χ1v) is 6.93. The van der Waals surface area contributed by atoms with Crippen LogP contribution in [0.2, 0.25) is 0 Å². The smallest absolute Gasteiger partial charge is 0.226 e. The van der Waals surface area contributed by atoms with Crippen molar-refractivity contribution in [2.75, 3.05) is 40.9 Å². The molecule has 5 heteroatoms. The highest BCUT2D eigenvalue weighted by Gasteiger charge is 2.38. The van der Waals surface area contributed by atoms with Crippen molar-refractivity contribution in [3.63, 3.8) is 0 Å². The molecule has 2 atom stereocenters. The van der Waals surface area contributed by atoms with Gasteiger partial charge in [-0.05, 0) is 11.6 Å². The molecule has 110 valence electrons. The topological polar surface area (TPSA) is 45.7 Å². The number of hydrogen-bond acceptors (Lipinski definition) is 4. The van der Waals surface area contributed by atoms with Crippen molar-refractivity contribution in [1.82, 2.24) is 14.8 Å². The number of amides is 1. The molecule has 1 aliphatic heterocycles. The molecule has 0 aromatic carbocycles. The van der Waals surface area contributed by atoms with Gasteiger partial charge in [0.05, 0.1) is 12.5 Å². The molecule has 1 amide bonds. The molecule has 2 heterocycles. The monoisotopic (exact) mass is 277 g/mol. The first kappa shape index (κ1) is 14.9. The number of hydrogen-bond donors (Lipinski definition) is 0. The second kappa shape index (κ2) is 6.81. The summed E-state index contributed by atoms with van der Waals surface area (Å²) in [6.45, 7) is 3.16. The van der Waals surface area contributed by atoms with Crippen LogP contribution in [0, 0.1) is 11.8 Å². The predicted octanol–water partition coefficient (Wildman–Crippen LogP) is 0.864. The third-order valence-electron chi connectivity index (χ3n) is 3.78. The number of pyridine rings is 1. The Morgan fingerprint density at radius 1 is 1.50 bits per heavy atom. The van der Waals surface area contributed by atoms with Gasteiger partial charge >= 0.3 is 0 Å². The Morgan fingerprint density at radius 3 is 2.90 bits per heavy atom. The Hall–Kier alpha value is -1.46. The van der Waals surface area contributed by atoms with Gasteiger partial charge in [0.2, 0.25) is 5.91 Å². The molecule has 1 saturated heterocycles. The normalized spacial score (nSPS) is 22.9. The zero-order valence-corrected chi connectivity index (χ0v) is 12.5. The zero-order chi connectivity index (χ0) is 14.5. The number of ether oxygens (including phenoxy) is 1. The third kappa shape index (κ3) is 3.55. The summed E-state index contributed by atoms with van der Waals surface area (Å²) in [6, 6.07) is 4.01. The number of carbonyl (C=O) groups is 1. The molecule has 1 aromatic heterocycles. The lowest BCUT2D eigenvalue weighted by Gasteiger charge is -2.20. The van der Waals surface area contributed by atoms with Crippen molar-refractivity contribution in [1.29, 1.82) is 0 Å². The number of rotatable bonds is 5. The van der Waals surface area contributed by atoms with Crippen molar-refractivity contribution in [3.8, 4) is 0 Å². The molecule has 0 radical (unpaired) electrons. The van der Waals surface area contributed by atoms with E-state index in [2.05, 4.69) is 16.0 Å². The molecule has 0 unspecified atom stereocenters. The third-order valence-corrected chi connectivity index (χ3v) is 3.78. The molecule has 0 saturated carbocycles. The average molecular weight is 277 g/mol. The van der Waals surface area contributed by atoms with Crippen molar-refractivity contribution in [2.24, 2.45) is 11.8 Å². The van der Waals surface area contributed by atoms with Crippen LogP contribution >= 0.6 is 0 Å². The summed E-state index contributed by atoms with van der Waals surface area (Å²) in [4.78, 5) is 20.4. The molecule has 0 N–H and O–H groups in total.